The number of nitrogens with zero attached hydrogens (tertiary/aromatic N) is 1. The zero-order valence-electron chi connectivity index (χ0n) is 11.5. The fourth-order valence-corrected chi connectivity index (χ4v) is 2.91. The highest BCUT2D eigenvalue weighted by Crippen LogP contribution is 2.55. The summed E-state index contributed by atoms with van der Waals surface area (Å²) >= 11 is 0. The van der Waals surface area contributed by atoms with Crippen LogP contribution in [0.5, 0.6) is 0 Å². The van der Waals surface area contributed by atoms with Crippen LogP contribution in [0.3, 0.4) is 0 Å². The molecule has 6 heteroatoms. The highest BCUT2D eigenvalue weighted by Gasteiger charge is 2.70. The van der Waals surface area contributed by atoms with Crippen molar-refractivity contribution in [3.8, 4) is 0 Å². The first-order valence-corrected chi connectivity index (χ1v) is 6.90. The number of nitrogens with one attached hydrogen (secondary N) is 1. The van der Waals surface area contributed by atoms with Crippen molar-refractivity contribution in [2.45, 2.75) is 70.4 Å². The molecular formula is C13H21F3N2O. The molecule has 2 rings (SSSR count). The first-order valence-electron chi connectivity index (χ1n) is 6.90. The van der Waals surface area contributed by atoms with Gasteiger partial charge in [0.2, 0.25) is 5.91 Å². The zero-order valence-corrected chi connectivity index (χ0v) is 11.5. The van der Waals surface area contributed by atoms with Crippen LogP contribution in [0.2, 0.25) is 0 Å². The van der Waals surface area contributed by atoms with E-state index in [-0.39, 0.29) is 24.7 Å². The highest BCUT2D eigenvalue weighted by atomic mass is 19.4. The van der Waals surface area contributed by atoms with Gasteiger partial charge in [-0.25, -0.2) is 0 Å². The smallest absolute Gasteiger partial charge is 0.311 e. The Hall–Kier alpha value is -0.780. The number of halogens is 3. The molecule has 1 saturated heterocycles. The number of carbonyl (C=O) groups is 1. The quantitative estimate of drug-likeness (QED) is 0.857. The van der Waals surface area contributed by atoms with E-state index in [0.717, 1.165) is 11.3 Å². The summed E-state index contributed by atoms with van der Waals surface area (Å²) in [5.41, 5.74) is -1.90. The van der Waals surface area contributed by atoms with Crippen LogP contribution in [0.25, 0.3) is 0 Å². The van der Waals surface area contributed by atoms with E-state index in [4.69, 9.17) is 0 Å². The Balaban J connectivity index is 2.28. The summed E-state index contributed by atoms with van der Waals surface area (Å²) in [6.45, 7) is 5.63. The normalized spacial score (nSPS) is 30.3. The molecule has 0 aromatic rings. The molecule has 1 N–H and O–H groups in total. The van der Waals surface area contributed by atoms with Crippen molar-refractivity contribution in [2.75, 3.05) is 0 Å². The van der Waals surface area contributed by atoms with Crippen molar-refractivity contribution in [3.63, 3.8) is 0 Å². The summed E-state index contributed by atoms with van der Waals surface area (Å²) < 4.78 is 39.7. The van der Waals surface area contributed by atoms with Crippen LogP contribution in [-0.4, -0.2) is 34.7 Å². The molecule has 0 spiro atoms. The molecule has 110 valence electrons. The predicted molar refractivity (Wildman–Crippen MR) is 65.3 cm³/mol. The molecule has 2 aliphatic rings. The van der Waals surface area contributed by atoms with Crippen molar-refractivity contribution < 1.29 is 18.0 Å². The highest BCUT2D eigenvalue weighted by molar-refractivity contribution is 5.86. The maximum absolute atomic E-state index is 13.2. The van der Waals surface area contributed by atoms with Crippen molar-refractivity contribution in [1.82, 2.24) is 10.2 Å². The summed E-state index contributed by atoms with van der Waals surface area (Å²) in [5.74, 6) is -0.385. The molecule has 2 fully saturated rings. The Kier molecular flexibility index (Phi) is 3.58. The summed E-state index contributed by atoms with van der Waals surface area (Å²) in [7, 11) is 0. The van der Waals surface area contributed by atoms with Gasteiger partial charge in [-0.05, 0) is 25.2 Å². The standard InChI is InChI=1S/C13H21F3N2O/c1-4-5-9-17-10(8(2)3)11(19)18(9)12(6-7-12)13(14,15)16/h8-10,17H,4-7H2,1-3H3. The molecule has 1 heterocycles. The predicted octanol–water partition coefficient (Wildman–Crippen LogP) is 2.66. The van der Waals surface area contributed by atoms with Gasteiger partial charge in [0.15, 0.2) is 0 Å². The van der Waals surface area contributed by atoms with Crippen LogP contribution < -0.4 is 5.32 Å². The van der Waals surface area contributed by atoms with E-state index in [9.17, 15) is 18.0 Å². The van der Waals surface area contributed by atoms with E-state index in [0.29, 0.717) is 6.42 Å². The van der Waals surface area contributed by atoms with Gasteiger partial charge in [-0.15, -0.1) is 0 Å². The second-order valence-corrected chi connectivity index (χ2v) is 5.93. The molecular weight excluding hydrogens is 257 g/mol. The van der Waals surface area contributed by atoms with Crippen LogP contribution in [0.4, 0.5) is 13.2 Å². The van der Waals surface area contributed by atoms with Gasteiger partial charge in [0.05, 0.1) is 12.2 Å². The molecule has 0 aromatic heterocycles. The van der Waals surface area contributed by atoms with Crippen LogP contribution in [0.1, 0.15) is 46.5 Å². The second-order valence-electron chi connectivity index (χ2n) is 5.93. The molecule has 19 heavy (non-hydrogen) atoms. The van der Waals surface area contributed by atoms with Gasteiger partial charge in [-0.3, -0.25) is 10.1 Å². The van der Waals surface area contributed by atoms with Gasteiger partial charge in [-0.1, -0.05) is 27.2 Å². The summed E-state index contributed by atoms with van der Waals surface area (Å²) in [6, 6.07) is -0.489. The third-order valence-electron chi connectivity index (χ3n) is 4.13. The maximum atomic E-state index is 13.2. The van der Waals surface area contributed by atoms with E-state index in [1.807, 2.05) is 20.8 Å². The zero-order chi connectivity index (χ0) is 14.4. The molecule has 2 unspecified atom stereocenters. The molecule has 2 atom stereocenters. The average Bonchev–Trinajstić information content (AvgIpc) is 3.00. The van der Waals surface area contributed by atoms with Gasteiger partial charge < -0.3 is 4.90 Å². The Morgan fingerprint density at radius 3 is 2.37 bits per heavy atom. The topological polar surface area (TPSA) is 32.3 Å². The number of amides is 1. The van der Waals surface area contributed by atoms with Gasteiger partial charge in [0.1, 0.15) is 5.54 Å². The average molecular weight is 278 g/mol. The summed E-state index contributed by atoms with van der Waals surface area (Å²) in [6.07, 6.45) is -3.42. The lowest BCUT2D eigenvalue weighted by Crippen LogP contribution is -2.54. The number of rotatable bonds is 4. The van der Waals surface area contributed by atoms with Crippen LogP contribution in [0.15, 0.2) is 0 Å². The fraction of sp³-hybridized carbons (Fsp3) is 0.923. The number of carbonyl (C=O) groups excluding carboxylic acids is 1. The van der Waals surface area contributed by atoms with Crippen LogP contribution in [0, 0.1) is 5.92 Å². The molecule has 1 amide bonds. The molecule has 1 saturated carbocycles. The Bertz CT molecular complexity index is 363. The Morgan fingerprint density at radius 1 is 1.42 bits per heavy atom. The number of alkyl halides is 3. The first kappa shape index (κ1) is 14.6. The van der Waals surface area contributed by atoms with Gasteiger partial charge in [0.25, 0.3) is 0 Å². The lowest BCUT2D eigenvalue weighted by molar-refractivity contribution is -0.202. The van der Waals surface area contributed by atoms with Gasteiger partial charge in [0, 0.05) is 0 Å². The lowest BCUT2D eigenvalue weighted by atomic mass is 10.0. The number of hydrogen-bond donors (Lipinski definition) is 1. The minimum atomic E-state index is -4.33. The fourth-order valence-electron chi connectivity index (χ4n) is 2.91. The molecule has 0 bridgehead atoms. The van der Waals surface area contributed by atoms with Crippen molar-refractivity contribution in [2.24, 2.45) is 5.92 Å². The Labute approximate surface area is 111 Å². The molecule has 1 aliphatic heterocycles. The molecule has 0 radical (unpaired) electrons. The van der Waals surface area contributed by atoms with Gasteiger partial charge >= 0.3 is 6.18 Å². The SMILES string of the molecule is CCCC1NC(C(C)C)C(=O)N1C1(C(F)(F)F)CC1. The molecule has 1 aliphatic carbocycles. The minimum Gasteiger partial charge on any atom is -0.311 e. The third-order valence-corrected chi connectivity index (χ3v) is 4.13. The summed E-state index contributed by atoms with van der Waals surface area (Å²) in [5, 5.41) is 3.09. The van der Waals surface area contributed by atoms with Crippen LogP contribution >= 0.6 is 0 Å². The number of hydrogen-bond acceptors (Lipinski definition) is 2. The van der Waals surface area contributed by atoms with Crippen molar-refractivity contribution in [1.29, 1.82) is 0 Å². The summed E-state index contributed by atoms with van der Waals surface area (Å²) in [4.78, 5) is 13.4. The minimum absolute atomic E-state index is 0.000824. The monoisotopic (exact) mass is 278 g/mol. The van der Waals surface area contributed by atoms with Crippen molar-refractivity contribution >= 4 is 5.91 Å². The maximum Gasteiger partial charge on any atom is 0.411 e. The second kappa shape index (κ2) is 4.65. The van der Waals surface area contributed by atoms with E-state index in [1.165, 1.54) is 0 Å². The van der Waals surface area contributed by atoms with E-state index in [1.54, 1.807) is 0 Å². The first-order chi connectivity index (χ1) is 8.74. The van der Waals surface area contributed by atoms with Gasteiger partial charge in [-0.2, -0.15) is 13.2 Å². The van der Waals surface area contributed by atoms with Crippen molar-refractivity contribution in [3.05, 3.63) is 0 Å². The van der Waals surface area contributed by atoms with Crippen LogP contribution in [-0.2, 0) is 4.79 Å². The Morgan fingerprint density at radius 2 is 2.00 bits per heavy atom. The molecule has 3 nitrogen and oxygen atoms in total. The largest absolute Gasteiger partial charge is 0.411 e. The van der Waals surface area contributed by atoms with E-state index < -0.39 is 23.9 Å². The van der Waals surface area contributed by atoms with E-state index in [2.05, 4.69) is 5.32 Å². The molecule has 0 aromatic carbocycles. The van der Waals surface area contributed by atoms with E-state index >= 15 is 0 Å². The third kappa shape index (κ3) is 2.24. The lowest BCUT2D eigenvalue weighted by Gasteiger charge is -2.34.